The molecule has 226 valence electrons. The van der Waals surface area contributed by atoms with Gasteiger partial charge in [0, 0.05) is 70.2 Å². The van der Waals surface area contributed by atoms with Crippen molar-refractivity contribution >= 4 is 37.7 Å². The summed E-state index contributed by atoms with van der Waals surface area (Å²) in [5.41, 5.74) is 7.71. The number of nitrogens with zero attached hydrogens (tertiary/aromatic N) is 5. The van der Waals surface area contributed by atoms with Crippen molar-refractivity contribution in [3.63, 3.8) is 0 Å². The van der Waals surface area contributed by atoms with Gasteiger partial charge >= 0.3 is 0 Å². The van der Waals surface area contributed by atoms with Gasteiger partial charge in [-0.1, -0.05) is 37.5 Å². The number of likely N-dealkylation sites (tertiary alicyclic amines) is 1. The van der Waals surface area contributed by atoms with Crippen molar-refractivity contribution < 1.29 is 23.9 Å². The molecule has 0 bridgehead atoms. The number of anilines is 1. The van der Waals surface area contributed by atoms with E-state index >= 15 is 0 Å². The molecule has 4 amide bonds. The number of benzene rings is 1. The number of carbonyl (C=O) groups excluding carboxylic acids is 4. The van der Waals surface area contributed by atoms with Crippen LogP contribution in [0.15, 0.2) is 30.6 Å². The van der Waals surface area contributed by atoms with Gasteiger partial charge in [-0.2, -0.15) is 0 Å². The Bertz CT molecular complexity index is 1470. The minimum Gasteiger partial charge on any atom is -0.366 e. The number of carbonyl (C=O) groups is 4. The summed E-state index contributed by atoms with van der Waals surface area (Å²) in [5, 5.41) is 0. The molecule has 11 nitrogen and oxygen atoms in total. The Morgan fingerprint density at radius 2 is 1.81 bits per heavy atom. The summed E-state index contributed by atoms with van der Waals surface area (Å²) >= 11 is 0. The fourth-order valence-electron chi connectivity index (χ4n) is 5.52. The minimum atomic E-state index is -1.30. The van der Waals surface area contributed by atoms with Crippen LogP contribution in [0.5, 0.6) is 0 Å². The van der Waals surface area contributed by atoms with Crippen LogP contribution in [0.2, 0.25) is 25.7 Å². The fourth-order valence-corrected chi connectivity index (χ4v) is 6.28. The Morgan fingerprint density at radius 1 is 1.09 bits per heavy atom. The average Bonchev–Trinajstić information content (AvgIpc) is 3.32. The molecule has 0 radical (unpaired) electrons. The fraction of sp³-hybridized carbons (Fsp3) is 0.484. The molecular weight excluding hydrogens is 564 g/mol. The van der Waals surface area contributed by atoms with E-state index in [9.17, 15) is 19.2 Å². The first-order valence-electron chi connectivity index (χ1n) is 14.7. The average molecular weight is 603 g/mol. The van der Waals surface area contributed by atoms with Gasteiger partial charge in [0.05, 0.1) is 5.56 Å². The normalized spacial score (nSPS) is 19.4. The molecule has 43 heavy (non-hydrogen) atoms. The SMILES string of the molecule is C[Si](C)(C)CCOCN1C(=O)CCC(N2Cc3c(C#CC4CCN(c5ncc(C(N)=O)cn5)CC4)cccc3C2=O)C1=O. The minimum absolute atomic E-state index is 0.0754. The van der Waals surface area contributed by atoms with Gasteiger partial charge in [0.2, 0.25) is 11.9 Å². The van der Waals surface area contributed by atoms with Crippen molar-refractivity contribution in [3.05, 3.63) is 52.8 Å². The Balaban J connectivity index is 1.21. The number of imide groups is 1. The molecular formula is C31H38N6O5Si. The van der Waals surface area contributed by atoms with Crippen LogP contribution in [0.1, 0.15) is 57.5 Å². The number of hydrogen-bond donors (Lipinski definition) is 1. The zero-order chi connectivity index (χ0) is 30.7. The van der Waals surface area contributed by atoms with Crippen LogP contribution >= 0.6 is 0 Å². The van der Waals surface area contributed by atoms with Gasteiger partial charge in [-0.25, -0.2) is 9.97 Å². The number of piperidine rings is 2. The summed E-state index contributed by atoms with van der Waals surface area (Å²) < 4.78 is 5.71. The van der Waals surface area contributed by atoms with Crippen LogP contribution in [0.25, 0.3) is 0 Å². The molecule has 1 aromatic heterocycles. The number of ether oxygens (including phenoxy) is 1. The molecule has 5 rings (SSSR count). The van der Waals surface area contributed by atoms with Crippen molar-refractivity contribution in [2.45, 2.75) is 64.0 Å². The maximum atomic E-state index is 13.4. The quantitative estimate of drug-likeness (QED) is 0.211. The van der Waals surface area contributed by atoms with E-state index in [-0.39, 0.29) is 48.9 Å². The molecule has 2 saturated heterocycles. The Kier molecular flexibility index (Phi) is 8.94. The Labute approximate surface area is 252 Å². The molecule has 2 aromatic rings. The van der Waals surface area contributed by atoms with Crippen molar-refractivity contribution in [3.8, 4) is 11.8 Å². The van der Waals surface area contributed by atoms with E-state index in [4.69, 9.17) is 10.5 Å². The summed E-state index contributed by atoms with van der Waals surface area (Å²) in [6.45, 7) is 8.90. The van der Waals surface area contributed by atoms with Gasteiger partial charge in [0.1, 0.15) is 12.8 Å². The van der Waals surface area contributed by atoms with E-state index in [1.807, 2.05) is 12.1 Å². The third-order valence-electron chi connectivity index (χ3n) is 8.18. The second-order valence-corrected chi connectivity index (χ2v) is 18.1. The lowest BCUT2D eigenvalue weighted by molar-refractivity contribution is -0.158. The first-order valence-corrected chi connectivity index (χ1v) is 18.5. The summed E-state index contributed by atoms with van der Waals surface area (Å²) in [6.07, 6.45) is 5.03. The lowest BCUT2D eigenvalue weighted by Gasteiger charge is -2.35. The molecule has 3 aliphatic heterocycles. The highest BCUT2D eigenvalue weighted by molar-refractivity contribution is 6.76. The molecule has 0 spiro atoms. The Morgan fingerprint density at radius 3 is 2.49 bits per heavy atom. The maximum absolute atomic E-state index is 13.4. The predicted molar refractivity (Wildman–Crippen MR) is 163 cm³/mol. The van der Waals surface area contributed by atoms with Crippen molar-refractivity contribution in [1.29, 1.82) is 0 Å². The molecule has 3 aliphatic rings. The van der Waals surface area contributed by atoms with Crippen molar-refractivity contribution in [1.82, 2.24) is 19.8 Å². The molecule has 12 heteroatoms. The molecule has 2 N–H and O–H groups in total. The van der Waals surface area contributed by atoms with E-state index in [1.165, 1.54) is 17.3 Å². The van der Waals surface area contributed by atoms with Crippen LogP contribution in [-0.2, 0) is 20.9 Å². The Hall–Kier alpha value is -4.08. The van der Waals surface area contributed by atoms with E-state index in [1.54, 1.807) is 11.0 Å². The number of hydrogen-bond acceptors (Lipinski definition) is 8. The monoisotopic (exact) mass is 602 g/mol. The van der Waals surface area contributed by atoms with Crippen LogP contribution in [0, 0.1) is 17.8 Å². The first-order chi connectivity index (χ1) is 20.5. The highest BCUT2D eigenvalue weighted by atomic mass is 28.3. The number of amides is 4. The zero-order valence-corrected chi connectivity index (χ0v) is 26.0. The summed E-state index contributed by atoms with van der Waals surface area (Å²) in [5.74, 6) is 6.04. The van der Waals surface area contributed by atoms with Gasteiger partial charge in [-0.3, -0.25) is 24.1 Å². The highest BCUT2D eigenvalue weighted by Gasteiger charge is 2.43. The number of fused-ring (bicyclic) bond motifs is 1. The third-order valence-corrected chi connectivity index (χ3v) is 9.89. The summed E-state index contributed by atoms with van der Waals surface area (Å²) in [7, 11) is -1.30. The van der Waals surface area contributed by atoms with Crippen molar-refractivity contribution in [2.75, 3.05) is 31.3 Å². The standard InChI is InChI=1S/C31H38N6O5Si/c1-43(2,3)16-15-42-20-37-27(38)10-9-26(30(37)41)36-19-25-22(5-4-6-24(25)29(36)40)8-7-21-11-13-35(14-12-21)31-33-17-23(18-34-31)28(32)39/h4-6,17-18,21,26H,9-16,19-20H2,1-3H3,(H2,32,39). The lowest BCUT2D eigenvalue weighted by atomic mass is 9.96. The molecule has 0 saturated carbocycles. The number of aromatic nitrogens is 2. The highest BCUT2D eigenvalue weighted by Crippen LogP contribution is 2.31. The topological polar surface area (TPSA) is 139 Å². The van der Waals surface area contributed by atoms with Gasteiger partial charge in [-0.15, -0.1) is 0 Å². The van der Waals surface area contributed by atoms with Crippen molar-refractivity contribution in [2.24, 2.45) is 11.7 Å². The molecule has 4 heterocycles. The molecule has 1 unspecified atom stereocenters. The predicted octanol–water partition coefficient (Wildman–Crippen LogP) is 2.63. The van der Waals surface area contributed by atoms with Crippen LogP contribution in [0.4, 0.5) is 5.95 Å². The van der Waals surface area contributed by atoms with E-state index in [0.717, 1.165) is 43.1 Å². The molecule has 1 atom stereocenters. The second kappa shape index (κ2) is 12.6. The number of nitrogens with two attached hydrogens (primary N) is 1. The lowest BCUT2D eigenvalue weighted by Crippen LogP contribution is -2.55. The number of primary amides is 1. The summed E-state index contributed by atoms with van der Waals surface area (Å²) in [6, 6.07) is 5.75. The molecule has 0 aliphatic carbocycles. The van der Waals surface area contributed by atoms with Crippen LogP contribution < -0.4 is 10.6 Å². The smallest absolute Gasteiger partial charge is 0.255 e. The third kappa shape index (κ3) is 6.95. The van der Waals surface area contributed by atoms with Gasteiger partial charge in [0.15, 0.2) is 0 Å². The zero-order valence-electron chi connectivity index (χ0n) is 25.0. The first kappa shape index (κ1) is 30.4. The maximum Gasteiger partial charge on any atom is 0.255 e. The van der Waals surface area contributed by atoms with Crippen LogP contribution in [0.3, 0.4) is 0 Å². The summed E-state index contributed by atoms with van der Waals surface area (Å²) in [4.78, 5) is 64.0. The van der Waals surface area contributed by atoms with Gasteiger partial charge < -0.3 is 20.3 Å². The van der Waals surface area contributed by atoms with Gasteiger partial charge in [-0.05, 0) is 43.0 Å². The van der Waals surface area contributed by atoms with Gasteiger partial charge in [0.25, 0.3) is 17.7 Å². The molecule has 2 fully saturated rings. The number of rotatable bonds is 8. The largest absolute Gasteiger partial charge is 0.366 e. The molecule has 1 aromatic carbocycles. The second-order valence-electron chi connectivity index (χ2n) is 12.5. The van der Waals surface area contributed by atoms with E-state index in [2.05, 4.69) is 46.3 Å². The van der Waals surface area contributed by atoms with E-state index in [0.29, 0.717) is 24.5 Å². The van der Waals surface area contributed by atoms with E-state index < -0.39 is 20.0 Å². The van der Waals surface area contributed by atoms with Crippen LogP contribution in [-0.4, -0.2) is 83.9 Å².